The van der Waals surface area contributed by atoms with Crippen molar-refractivity contribution in [1.29, 1.82) is 0 Å². The summed E-state index contributed by atoms with van der Waals surface area (Å²) in [6.45, 7) is 2.96. The molecule has 5 heteroatoms. The first-order chi connectivity index (χ1) is 9.72. The molecule has 0 aliphatic rings. The van der Waals surface area contributed by atoms with Crippen LogP contribution in [0, 0.1) is 11.7 Å². The molecular weight excluding hydrogens is 257 g/mol. The van der Waals surface area contributed by atoms with E-state index in [1.807, 2.05) is 10.7 Å². The van der Waals surface area contributed by atoms with Crippen LogP contribution in [0.2, 0.25) is 0 Å². The second kappa shape index (κ2) is 7.14. The van der Waals surface area contributed by atoms with Gasteiger partial charge in [-0.3, -0.25) is 4.68 Å². The molecule has 1 N–H and O–H groups in total. The second-order valence-corrected chi connectivity index (χ2v) is 4.99. The van der Waals surface area contributed by atoms with E-state index in [4.69, 9.17) is 0 Å². The van der Waals surface area contributed by atoms with Crippen molar-refractivity contribution in [3.63, 3.8) is 0 Å². The Morgan fingerprint density at radius 3 is 2.90 bits per heavy atom. The van der Waals surface area contributed by atoms with Crippen molar-refractivity contribution in [1.82, 2.24) is 14.8 Å². The minimum Gasteiger partial charge on any atom is -0.396 e. The van der Waals surface area contributed by atoms with Crippen molar-refractivity contribution in [2.75, 3.05) is 6.61 Å². The summed E-state index contributed by atoms with van der Waals surface area (Å²) < 4.78 is 15.0. The number of hydrogen-bond donors (Lipinski definition) is 1. The topological polar surface area (TPSA) is 50.9 Å². The Bertz CT molecular complexity index is 541. The number of halogens is 1. The molecule has 20 heavy (non-hydrogen) atoms. The van der Waals surface area contributed by atoms with E-state index < -0.39 is 0 Å². The predicted molar refractivity (Wildman–Crippen MR) is 74.7 cm³/mol. The molecule has 4 nitrogen and oxygen atoms in total. The van der Waals surface area contributed by atoms with Gasteiger partial charge in [0.2, 0.25) is 0 Å². The highest BCUT2D eigenvalue weighted by Gasteiger charge is 2.14. The summed E-state index contributed by atoms with van der Waals surface area (Å²) in [6, 6.07) is 6.51. The summed E-state index contributed by atoms with van der Waals surface area (Å²) in [7, 11) is 0. The fourth-order valence-electron chi connectivity index (χ4n) is 2.30. The Morgan fingerprint density at radius 1 is 1.35 bits per heavy atom. The second-order valence-electron chi connectivity index (χ2n) is 4.99. The number of aliphatic hydroxyl groups excluding tert-OH is 1. The quantitative estimate of drug-likeness (QED) is 0.844. The first-order valence-corrected chi connectivity index (χ1v) is 6.95. The van der Waals surface area contributed by atoms with E-state index in [0.29, 0.717) is 12.8 Å². The van der Waals surface area contributed by atoms with Gasteiger partial charge in [-0.05, 0) is 36.5 Å². The normalized spacial score (nSPS) is 12.6. The highest BCUT2D eigenvalue weighted by molar-refractivity contribution is 5.17. The van der Waals surface area contributed by atoms with Crippen LogP contribution in [0.15, 0.2) is 30.6 Å². The molecule has 108 valence electrons. The average molecular weight is 277 g/mol. The molecule has 0 bridgehead atoms. The van der Waals surface area contributed by atoms with E-state index in [1.54, 1.807) is 12.4 Å². The molecule has 1 unspecified atom stereocenters. The highest BCUT2D eigenvalue weighted by atomic mass is 19.1. The van der Waals surface area contributed by atoms with Gasteiger partial charge in [0.15, 0.2) is 0 Å². The Kier molecular flexibility index (Phi) is 5.24. The lowest BCUT2D eigenvalue weighted by atomic mass is 9.96. The molecule has 2 aromatic rings. The lowest BCUT2D eigenvalue weighted by Gasteiger charge is -2.14. The van der Waals surface area contributed by atoms with Gasteiger partial charge in [0.05, 0.1) is 0 Å². The molecule has 0 saturated carbocycles. The molecule has 2 rings (SSSR count). The zero-order valence-electron chi connectivity index (χ0n) is 11.7. The third-order valence-electron chi connectivity index (χ3n) is 3.27. The summed E-state index contributed by atoms with van der Waals surface area (Å²) in [5.41, 5.74) is 0.894. The van der Waals surface area contributed by atoms with Crippen LogP contribution in [-0.4, -0.2) is 26.5 Å². The van der Waals surface area contributed by atoms with Crippen LogP contribution >= 0.6 is 0 Å². The summed E-state index contributed by atoms with van der Waals surface area (Å²) in [6.07, 6.45) is 3.81. The Morgan fingerprint density at radius 2 is 2.20 bits per heavy atom. The Hall–Kier alpha value is -1.75. The van der Waals surface area contributed by atoms with Gasteiger partial charge < -0.3 is 5.11 Å². The molecule has 0 aliphatic carbocycles. The summed E-state index contributed by atoms with van der Waals surface area (Å²) >= 11 is 0. The van der Waals surface area contributed by atoms with Crippen molar-refractivity contribution in [3.05, 3.63) is 47.8 Å². The van der Waals surface area contributed by atoms with Crippen LogP contribution in [0.3, 0.4) is 0 Å². The van der Waals surface area contributed by atoms with E-state index in [0.717, 1.165) is 24.4 Å². The first-order valence-electron chi connectivity index (χ1n) is 6.95. The largest absolute Gasteiger partial charge is 0.396 e. The maximum atomic E-state index is 13.2. The third-order valence-corrected chi connectivity index (χ3v) is 3.27. The monoisotopic (exact) mass is 277 g/mol. The van der Waals surface area contributed by atoms with Crippen molar-refractivity contribution in [3.8, 4) is 0 Å². The van der Waals surface area contributed by atoms with E-state index in [1.165, 1.54) is 12.1 Å². The van der Waals surface area contributed by atoms with E-state index in [9.17, 15) is 9.50 Å². The molecule has 1 aromatic carbocycles. The summed E-state index contributed by atoms with van der Waals surface area (Å²) in [5, 5.41) is 13.7. The fraction of sp³-hybridized carbons (Fsp3) is 0.467. The van der Waals surface area contributed by atoms with E-state index >= 15 is 0 Å². The highest BCUT2D eigenvalue weighted by Crippen LogP contribution is 2.14. The van der Waals surface area contributed by atoms with Gasteiger partial charge in [-0.1, -0.05) is 19.1 Å². The van der Waals surface area contributed by atoms with Crippen molar-refractivity contribution in [2.45, 2.75) is 32.7 Å². The minimum absolute atomic E-state index is 0.0246. The molecular formula is C15H20FN3O. The van der Waals surface area contributed by atoms with Gasteiger partial charge in [0.25, 0.3) is 0 Å². The fourth-order valence-corrected chi connectivity index (χ4v) is 2.30. The maximum absolute atomic E-state index is 13.2. The molecule has 1 aromatic heterocycles. The standard InChI is InChI=1S/C15H20FN3O/c1-2-6-19-15(17-11-18-19)9-13(10-20)7-12-4-3-5-14(16)8-12/h3-5,8,11,13,20H,2,6-7,9-10H2,1H3. The van der Waals surface area contributed by atoms with Gasteiger partial charge in [0, 0.05) is 19.6 Å². The van der Waals surface area contributed by atoms with Crippen LogP contribution in [0.1, 0.15) is 24.7 Å². The Balaban J connectivity index is 2.03. The van der Waals surface area contributed by atoms with Crippen molar-refractivity contribution >= 4 is 0 Å². The number of benzene rings is 1. The molecule has 0 amide bonds. The number of hydrogen-bond acceptors (Lipinski definition) is 3. The van der Waals surface area contributed by atoms with E-state index in [-0.39, 0.29) is 18.3 Å². The molecule has 1 heterocycles. The molecule has 0 spiro atoms. The zero-order chi connectivity index (χ0) is 14.4. The van der Waals surface area contributed by atoms with E-state index in [2.05, 4.69) is 17.0 Å². The molecule has 1 atom stereocenters. The third kappa shape index (κ3) is 3.87. The number of nitrogens with zero attached hydrogens (tertiary/aromatic N) is 3. The Labute approximate surface area is 118 Å². The van der Waals surface area contributed by atoms with Crippen LogP contribution < -0.4 is 0 Å². The van der Waals surface area contributed by atoms with Gasteiger partial charge in [0.1, 0.15) is 18.0 Å². The minimum atomic E-state index is -0.242. The summed E-state index contributed by atoms with van der Waals surface area (Å²) in [5.74, 6) is 0.659. The number of aryl methyl sites for hydroxylation is 1. The molecule has 0 radical (unpaired) electrons. The molecule has 0 fully saturated rings. The average Bonchev–Trinajstić information content (AvgIpc) is 2.86. The van der Waals surface area contributed by atoms with Crippen LogP contribution in [0.25, 0.3) is 0 Å². The molecule has 0 aliphatic heterocycles. The smallest absolute Gasteiger partial charge is 0.138 e. The van der Waals surface area contributed by atoms with Gasteiger partial charge in [-0.2, -0.15) is 5.10 Å². The first kappa shape index (κ1) is 14.7. The van der Waals surface area contributed by atoms with Gasteiger partial charge >= 0.3 is 0 Å². The number of aliphatic hydroxyl groups is 1. The van der Waals surface area contributed by atoms with Crippen molar-refractivity contribution in [2.24, 2.45) is 5.92 Å². The number of rotatable bonds is 7. The van der Waals surface area contributed by atoms with Gasteiger partial charge in [-0.15, -0.1) is 0 Å². The number of aromatic nitrogens is 3. The lowest BCUT2D eigenvalue weighted by molar-refractivity contribution is 0.221. The maximum Gasteiger partial charge on any atom is 0.138 e. The SMILES string of the molecule is CCCn1ncnc1CC(CO)Cc1cccc(F)c1. The van der Waals surface area contributed by atoms with Crippen LogP contribution in [0.4, 0.5) is 4.39 Å². The summed E-state index contributed by atoms with van der Waals surface area (Å²) in [4.78, 5) is 4.25. The predicted octanol–water partition coefficient (Wildman–Crippen LogP) is 2.22. The van der Waals surface area contributed by atoms with Crippen LogP contribution in [-0.2, 0) is 19.4 Å². The van der Waals surface area contributed by atoms with Crippen molar-refractivity contribution < 1.29 is 9.50 Å². The van der Waals surface area contributed by atoms with Crippen LogP contribution in [0.5, 0.6) is 0 Å². The zero-order valence-corrected chi connectivity index (χ0v) is 11.7. The molecule has 0 saturated heterocycles. The van der Waals surface area contributed by atoms with Gasteiger partial charge in [-0.25, -0.2) is 9.37 Å². The lowest BCUT2D eigenvalue weighted by Crippen LogP contribution is -2.17.